The maximum absolute atomic E-state index is 12.6. The van der Waals surface area contributed by atoms with Crippen LogP contribution in [0, 0.1) is 0 Å². The van der Waals surface area contributed by atoms with Crippen molar-refractivity contribution in [2.45, 2.75) is 51.2 Å². The van der Waals surface area contributed by atoms with Crippen LogP contribution in [0.4, 0.5) is 8.78 Å². The average Bonchev–Trinajstić information content (AvgIpc) is 2.48. The van der Waals surface area contributed by atoms with Crippen LogP contribution in [0.25, 0.3) is 0 Å². The van der Waals surface area contributed by atoms with Gasteiger partial charge in [0.15, 0.2) is 0 Å². The lowest BCUT2D eigenvalue weighted by molar-refractivity contribution is 0.0302. The predicted molar refractivity (Wildman–Crippen MR) is 75.9 cm³/mol. The van der Waals surface area contributed by atoms with Crippen LogP contribution in [0.5, 0.6) is 0 Å². The lowest BCUT2D eigenvalue weighted by Crippen LogP contribution is -2.24. The third-order valence-electron chi connectivity index (χ3n) is 3.72. The van der Waals surface area contributed by atoms with Gasteiger partial charge in [-0.1, -0.05) is 37.5 Å². The average molecular weight is 283 g/mol. The molecule has 20 heavy (non-hydrogen) atoms. The molecular weight excluding hydrogens is 260 g/mol. The van der Waals surface area contributed by atoms with E-state index in [1.807, 2.05) is 6.07 Å². The SMILES string of the molecule is FC(F)c1cccc(CNCCOC2CCCCC2)c1. The Labute approximate surface area is 119 Å². The molecule has 0 atom stereocenters. The Kier molecular flexibility index (Phi) is 6.40. The van der Waals surface area contributed by atoms with E-state index in [0.29, 0.717) is 19.3 Å². The molecule has 1 fully saturated rings. The molecule has 0 aliphatic heterocycles. The predicted octanol–water partition coefficient (Wildman–Crippen LogP) is 4.06. The van der Waals surface area contributed by atoms with Crippen molar-refractivity contribution >= 4 is 0 Å². The van der Waals surface area contributed by atoms with E-state index in [2.05, 4.69) is 5.32 Å². The van der Waals surface area contributed by atoms with Gasteiger partial charge in [-0.25, -0.2) is 8.78 Å². The topological polar surface area (TPSA) is 21.3 Å². The van der Waals surface area contributed by atoms with Crippen LogP contribution in [-0.2, 0) is 11.3 Å². The molecule has 0 aromatic heterocycles. The molecule has 0 bridgehead atoms. The molecule has 2 rings (SSSR count). The first-order chi connectivity index (χ1) is 9.75. The number of rotatable bonds is 7. The van der Waals surface area contributed by atoms with Crippen molar-refractivity contribution in [2.75, 3.05) is 13.2 Å². The van der Waals surface area contributed by atoms with E-state index in [-0.39, 0.29) is 5.56 Å². The summed E-state index contributed by atoms with van der Waals surface area (Å²) < 4.78 is 30.9. The summed E-state index contributed by atoms with van der Waals surface area (Å²) in [5.74, 6) is 0. The zero-order valence-electron chi connectivity index (χ0n) is 11.8. The Morgan fingerprint density at radius 3 is 2.75 bits per heavy atom. The molecule has 1 N–H and O–H groups in total. The fourth-order valence-electron chi connectivity index (χ4n) is 2.60. The van der Waals surface area contributed by atoms with Crippen molar-refractivity contribution in [3.8, 4) is 0 Å². The first-order valence-corrected chi connectivity index (χ1v) is 7.45. The molecule has 2 nitrogen and oxygen atoms in total. The second kappa shape index (κ2) is 8.32. The number of halogens is 2. The molecule has 0 heterocycles. The van der Waals surface area contributed by atoms with E-state index in [4.69, 9.17) is 4.74 Å². The van der Waals surface area contributed by atoms with Crippen molar-refractivity contribution < 1.29 is 13.5 Å². The third-order valence-corrected chi connectivity index (χ3v) is 3.72. The van der Waals surface area contributed by atoms with E-state index in [1.54, 1.807) is 12.1 Å². The number of hydrogen-bond donors (Lipinski definition) is 1. The Morgan fingerprint density at radius 2 is 2.00 bits per heavy atom. The smallest absolute Gasteiger partial charge is 0.263 e. The number of benzene rings is 1. The van der Waals surface area contributed by atoms with E-state index < -0.39 is 6.43 Å². The van der Waals surface area contributed by atoms with Gasteiger partial charge >= 0.3 is 0 Å². The van der Waals surface area contributed by atoms with Gasteiger partial charge < -0.3 is 10.1 Å². The number of alkyl halides is 2. The minimum Gasteiger partial charge on any atom is -0.377 e. The van der Waals surface area contributed by atoms with Crippen molar-refractivity contribution in [1.29, 1.82) is 0 Å². The largest absolute Gasteiger partial charge is 0.377 e. The molecule has 4 heteroatoms. The number of ether oxygens (including phenoxy) is 1. The molecule has 0 unspecified atom stereocenters. The summed E-state index contributed by atoms with van der Waals surface area (Å²) in [4.78, 5) is 0. The van der Waals surface area contributed by atoms with Crippen LogP contribution in [-0.4, -0.2) is 19.3 Å². The van der Waals surface area contributed by atoms with E-state index in [9.17, 15) is 8.78 Å². The minimum atomic E-state index is -2.40. The van der Waals surface area contributed by atoms with Gasteiger partial charge in [0.25, 0.3) is 6.43 Å². The fourth-order valence-corrected chi connectivity index (χ4v) is 2.60. The zero-order valence-corrected chi connectivity index (χ0v) is 11.8. The Bertz CT molecular complexity index is 392. The Balaban J connectivity index is 1.61. The molecule has 112 valence electrons. The highest BCUT2D eigenvalue weighted by molar-refractivity contribution is 5.24. The van der Waals surface area contributed by atoms with Crippen molar-refractivity contribution in [3.63, 3.8) is 0 Å². The molecule has 0 spiro atoms. The van der Waals surface area contributed by atoms with E-state index in [1.165, 1.54) is 38.2 Å². The number of hydrogen-bond acceptors (Lipinski definition) is 2. The lowest BCUT2D eigenvalue weighted by atomic mass is 9.98. The molecule has 1 aromatic rings. The van der Waals surface area contributed by atoms with Crippen LogP contribution in [0.1, 0.15) is 49.7 Å². The molecule has 1 aromatic carbocycles. The van der Waals surface area contributed by atoms with Crippen LogP contribution < -0.4 is 5.32 Å². The van der Waals surface area contributed by atoms with Crippen LogP contribution in [0.15, 0.2) is 24.3 Å². The normalized spacial score (nSPS) is 16.8. The van der Waals surface area contributed by atoms with Gasteiger partial charge in [-0.05, 0) is 24.5 Å². The van der Waals surface area contributed by atoms with Gasteiger partial charge in [0.1, 0.15) is 0 Å². The highest BCUT2D eigenvalue weighted by Crippen LogP contribution is 2.20. The summed E-state index contributed by atoms with van der Waals surface area (Å²) in [7, 11) is 0. The van der Waals surface area contributed by atoms with Crippen molar-refractivity contribution in [1.82, 2.24) is 5.32 Å². The molecule has 1 saturated carbocycles. The molecule has 1 aliphatic carbocycles. The monoisotopic (exact) mass is 283 g/mol. The Hall–Kier alpha value is -1.00. The summed E-state index contributed by atoms with van der Waals surface area (Å²) in [6, 6.07) is 6.55. The molecular formula is C16H23F2NO. The van der Waals surface area contributed by atoms with Gasteiger partial charge in [0, 0.05) is 18.7 Å². The van der Waals surface area contributed by atoms with E-state index >= 15 is 0 Å². The van der Waals surface area contributed by atoms with Crippen LogP contribution >= 0.6 is 0 Å². The summed E-state index contributed by atoms with van der Waals surface area (Å²) in [5, 5.41) is 3.24. The molecule has 1 aliphatic rings. The van der Waals surface area contributed by atoms with Crippen LogP contribution in [0.2, 0.25) is 0 Å². The van der Waals surface area contributed by atoms with Crippen molar-refractivity contribution in [3.05, 3.63) is 35.4 Å². The van der Waals surface area contributed by atoms with Crippen LogP contribution in [0.3, 0.4) is 0 Å². The number of nitrogens with one attached hydrogen (secondary N) is 1. The first-order valence-electron chi connectivity index (χ1n) is 7.45. The van der Waals surface area contributed by atoms with E-state index in [0.717, 1.165) is 12.1 Å². The fraction of sp³-hybridized carbons (Fsp3) is 0.625. The van der Waals surface area contributed by atoms with Gasteiger partial charge in [0.05, 0.1) is 12.7 Å². The standard InChI is InChI=1S/C16H23F2NO/c17-16(18)14-6-4-5-13(11-14)12-19-9-10-20-15-7-2-1-3-8-15/h4-6,11,15-16,19H,1-3,7-10,12H2. The lowest BCUT2D eigenvalue weighted by Gasteiger charge is -2.22. The second-order valence-corrected chi connectivity index (χ2v) is 5.35. The van der Waals surface area contributed by atoms with Gasteiger partial charge in [0.2, 0.25) is 0 Å². The summed E-state index contributed by atoms with van der Waals surface area (Å²) >= 11 is 0. The van der Waals surface area contributed by atoms with Gasteiger partial charge in [-0.2, -0.15) is 0 Å². The van der Waals surface area contributed by atoms with Gasteiger partial charge in [-0.15, -0.1) is 0 Å². The Morgan fingerprint density at radius 1 is 1.20 bits per heavy atom. The first kappa shape index (κ1) is 15.4. The molecule has 0 radical (unpaired) electrons. The molecule has 0 saturated heterocycles. The summed E-state index contributed by atoms with van der Waals surface area (Å²) in [6.45, 7) is 2.06. The quantitative estimate of drug-likeness (QED) is 0.762. The molecule has 0 amide bonds. The summed E-state index contributed by atoms with van der Waals surface area (Å²) in [6.07, 6.45) is 4.26. The zero-order chi connectivity index (χ0) is 14.2. The highest BCUT2D eigenvalue weighted by atomic mass is 19.3. The van der Waals surface area contributed by atoms with Gasteiger partial charge in [-0.3, -0.25) is 0 Å². The second-order valence-electron chi connectivity index (χ2n) is 5.35. The highest BCUT2D eigenvalue weighted by Gasteiger charge is 2.13. The third kappa shape index (κ3) is 5.17. The minimum absolute atomic E-state index is 0.0859. The summed E-state index contributed by atoms with van der Waals surface area (Å²) in [5.41, 5.74) is 0.975. The maximum atomic E-state index is 12.6. The maximum Gasteiger partial charge on any atom is 0.263 e. The van der Waals surface area contributed by atoms with Crippen molar-refractivity contribution in [2.24, 2.45) is 0 Å².